The molecule has 0 aliphatic heterocycles. The number of hydrogen-bond acceptors (Lipinski definition) is 3. The average Bonchev–Trinajstić information content (AvgIpc) is 2.73. The van der Waals surface area contributed by atoms with Crippen LogP contribution in [0.2, 0.25) is 0 Å². The fourth-order valence-electron chi connectivity index (χ4n) is 2.28. The largest absolute Gasteiger partial charge is 0.478 e. The van der Waals surface area contributed by atoms with Gasteiger partial charge in [0.15, 0.2) is 0 Å². The Morgan fingerprint density at radius 3 is 2.52 bits per heavy atom. The molecule has 0 aliphatic rings. The lowest BCUT2D eigenvalue weighted by molar-refractivity contribution is -0.118. The summed E-state index contributed by atoms with van der Waals surface area (Å²) in [5, 5.41) is 9.12. The number of rotatable bonds is 4. The van der Waals surface area contributed by atoms with Gasteiger partial charge in [-0.1, -0.05) is 20.8 Å². The zero-order valence-corrected chi connectivity index (χ0v) is 12.4. The highest BCUT2D eigenvalue weighted by Crippen LogP contribution is 2.27. The number of nitrogens with zero attached hydrogens (tertiary/aromatic N) is 2. The van der Waals surface area contributed by atoms with Gasteiger partial charge in [-0.25, -0.2) is 9.78 Å². The third-order valence-electron chi connectivity index (χ3n) is 3.25. The van der Waals surface area contributed by atoms with Gasteiger partial charge in [-0.2, -0.15) is 0 Å². The van der Waals surface area contributed by atoms with Gasteiger partial charge in [-0.3, -0.25) is 4.79 Å². The second kappa shape index (κ2) is 5.20. The molecule has 0 unspecified atom stereocenters. The van der Waals surface area contributed by atoms with E-state index in [4.69, 9.17) is 10.8 Å². The molecule has 6 nitrogen and oxygen atoms in total. The number of carboxylic acids is 1. The van der Waals surface area contributed by atoms with Crippen molar-refractivity contribution >= 4 is 22.9 Å². The van der Waals surface area contributed by atoms with Crippen LogP contribution in [-0.4, -0.2) is 26.5 Å². The molecule has 1 aromatic carbocycles. The van der Waals surface area contributed by atoms with Crippen molar-refractivity contribution in [1.29, 1.82) is 0 Å². The minimum atomic E-state index is -0.989. The molecule has 1 aromatic heterocycles. The fourth-order valence-corrected chi connectivity index (χ4v) is 2.28. The summed E-state index contributed by atoms with van der Waals surface area (Å²) in [6, 6.07) is 4.80. The molecule has 3 N–H and O–H groups in total. The van der Waals surface area contributed by atoms with Crippen molar-refractivity contribution in [2.24, 2.45) is 5.73 Å². The van der Waals surface area contributed by atoms with Gasteiger partial charge >= 0.3 is 5.97 Å². The quantitative estimate of drug-likeness (QED) is 0.898. The van der Waals surface area contributed by atoms with Crippen LogP contribution in [0.4, 0.5) is 0 Å². The zero-order chi connectivity index (χ0) is 15.8. The first-order valence-corrected chi connectivity index (χ1v) is 6.72. The average molecular weight is 289 g/mol. The minimum Gasteiger partial charge on any atom is -0.478 e. The van der Waals surface area contributed by atoms with Gasteiger partial charge in [-0.05, 0) is 18.2 Å². The van der Waals surface area contributed by atoms with E-state index in [1.165, 1.54) is 6.07 Å². The molecule has 1 amide bonds. The SMILES string of the molecule is CC(C)(C)c1nc2ccc(C(=O)O)cc2n1CCC(N)=O. The van der Waals surface area contributed by atoms with E-state index >= 15 is 0 Å². The number of aromatic nitrogens is 2. The number of carbonyl (C=O) groups is 2. The zero-order valence-electron chi connectivity index (χ0n) is 12.4. The Balaban J connectivity index is 2.64. The van der Waals surface area contributed by atoms with Gasteiger partial charge in [0.2, 0.25) is 5.91 Å². The number of primary amides is 1. The first-order valence-electron chi connectivity index (χ1n) is 6.72. The number of amides is 1. The number of aromatic carboxylic acids is 1. The van der Waals surface area contributed by atoms with Crippen molar-refractivity contribution in [2.75, 3.05) is 0 Å². The van der Waals surface area contributed by atoms with Gasteiger partial charge in [0.1, 0.15) is 5.82 Å². The van der Waals surface area contributed by atoms with E-state index in [1.54, 1.807) is 12.1 Å². The molecule has 2 aromatic rings. The Bertz CT molecular complexity index is 711. The molecule has 0 radical (unpaired) electrons. The summed E-state index contributed by atoms with van der Waals surface area (Å²) in [5.74, 6) is -0.579. The molecule has 112 valence electrons. The fraction of sp³-hybridized carbons (Fsp3) is 0.400. The molecule has 0 spiro atoms. The highest BCUT2D eigenvalue weighted by molar-refractivity contribution is 5.92. The van der Waals surface area contributed by atoms with Crippen molar-refractivity contribution < 1.29 is 14.7 Å². The van der Waals surface area contributed by atoms with E-state index in [9.17, 15) is 9.59 Å². The lowest BCUT2D eigenvalue weighted by Crippen LogP contribution is -2.21. The maximum atomic E-state index is 11.1. The Kier molecular flexibility index (Phi) is 3.72. The van der Waals surface area contributed by atoms with E-state index < -0.39 is 11.9 Å². The number of imidazole rings is 1. The van der Waals surface area contributed by atoms with E-state index in [0.29, 0.717) is 12.1 Å². The lowest BCUT2D eigenvalue weighted by atomic mass is 9.95. The van der Waals surface area contributed by atoms with Crippen molar-refractivity contribution in [2.45, 2.75) is 39.2 Å². The highest BCUT2D eigenvalue weighted by atomic mass is 16.4. The summed E-state index contributed by atoms with van der Waals surface area (Å²) < 4.78 is 1.88. The summed E-state index contributed by atoms with van der Waals surface area (Å²) in [6.45, 7) is 6.45. The molecular formula is C15H19N3O3. The summed E-state index contributed by atoms with van der Waals surface area (Å²) in [6.07, 6.45) is 0.186. The summed E-state index contributed by atoms with van der Waals surface area (Å²) >= 11 is 0. The molecule has 0 saturated heterocycles. The first-order chi connectivity index (χ1) is 9.70. The third kappa shape index (κ3) is 3.04. The monoisotopic (exact) mass is 289 g/mol. The van der Waals surface area contributed by atoms with E-state index in [2.05, 4.69) is 4.98 Å². The van der Waals surface area contributed by atoms with Gasteiger partial charge in [-0.15, -0.1) is 0 Å². The molecule has 0 fully saturated rings. The van der Waals surface area contributed by atoms with Crippen LogP contribution in [0, 0.1) is 0 Å². The van der Waals surface area contributed by atoms with Crippen molar-refractivity contribution in [3.05, 3.63) is 29.6 Å². The van der Waals surface area contributed by atoms with Gasteiger partial charge in [0.05, 0.1) is 16.6 Å². The van der Waals surface area contributed by atoms with Crippen molar-refractivity contribution in [3.8, 4) is 0 Å². The third-order valence-corrected chi connectivity index (χ3v) is 3.25. The van der Waals surface area contributed by atoms with Crippen LogP contribution in [0.3, 0.4) is 0 Å². The smallest absolute Gasteiger partial charge is 0.335 e. The molecule has 0 bridgehead atoms. The Labute approximate surface area is 122 Å². The molecule has 2 rings (SSSR count). The Hall–Kier alpha value is -2.37. The summed E-state index contributed by atoms with van der Waals surface area (Å²) in [5.41, 5.74) is 6.63. The predicted molar refractivity (Wildman–Crippen MR) is 79.2 cm³/mol. The van der Waals surface area contributed by atoms with Crippen LogP contribution in [0.1, 0.15) is 43.4 Å². The Morgan fingerprint density at radius 2 is 2.00 bits per heavy atom. The second-order valence-corrected chi connectivity index (χ2v) is 6.06. The molecule has 1 heterocycles. The minimum absolute atomic E-state index is 0.186. The number of aryl methyl sites for hydroxylation is 1. The van der Waals surface area contributed by atoms with Crippen LogP contribution in [0.15, 0.2) is 18.2 Å². The maximum Gasteiger partial charge on any atom is 0.335 e. The predicted octanol–water partition coefficient (Wildman–Crippen LogP) is 1.91. The number of benzene rings is 1. The van der Waals surface area contributed by atoms with E-state index in [0.717, 1.165) is 11.3 Å². The topological polar surface area (TPSA) is 98.2 Å². The second-order valence-electron chi connectivity index (χ2n) is 6.06. The molecule has 0 atom stereocenters. The summed E-state index contributed by atoms with van der Waals surface area (Å²) in [4.78, 5) is 26.8. The first kappa shape index (κ1) is 15.0. The maximum absolute atomic E-state index is 11.1. The molecule has 0 saturated carbocycles. The van der Waals surface area contributed by atoms with Crippen LogP contribution in [-0.2, 0) is 16.8 Å². The van der Waals surface area contributed by atoms with Crippen LogP contribution >= 0.6 is 0 Å². The van der Waals surface area contributed by atoms with Crippen LogP contribution in [0.5, 0.6) is 0 Å². The number of carbonyl (C=O) groups excluding carboxylic acids is 1. The number of nitrogens with two attached hydrogens (primary N) is 1. The van der Waals surface area contributed by atoms with Gasteiger partial charge in [0, 0.05) is 18.4 Å². The molecule has 21 heavy (non-hydrogen) atoms. The number of carboxylic acid groups (broad SMARTS) is 1. The van der Waals surface area contributed by atoms with Crippen LogP contribution in [0.25, 0.3) is 11.0 Å². The standard InChI is InChI=1S/C15H19N3O3/c1-15(2,3)14-17-10-5-4-9(13(20)21)8-11(10)18(14)7-6-12(16)19/h4-5,8H,6-7H2,1-3H3,(H2,16,19)(H,20,21). The van der Waals surface area contributed by atoms with Crippen molar-refractivity contribution in [3.63, 3.8) is 0 Å². The van der Waals surface area contributed by atoms with Gasteiger partial charge < -0.3 is 15.4 Å². The lowest BCUT2D eigenvalue weighted by Gasteiger charge is -2.20. The van der Waals surface area contributed by atoms with E-state index in [1.807, 2.05) is 25.3 Å². The molecular weight excluding hydrogens is 270 g/mol. The molecule has 6 heteroatoms. The normalized spacial score (nSPS) is 11.8. The highest BCUT2D eigenvalue weighted by Gasteiger charge is 2.23. The van der Waals surface area contributed by atoms with Crippen LogP contribution < -0.4 is 5.73 Å². The number of fused-ring (bicyclic) bond motifs is 1. The Morgan fingerprint density at radius 1 is 1.33 bits per heavy atom. The van der Waals surface area contributed by atoms with Crippen molar-refractivity contribution in [1.82, 2.24) is 9.55 Å². The number of hydrogen-bond donors (Lipinski definition) is 2. The van der Waals surface area contributed by atoms with E-state index in [-0.39, 0.29) is 17.4 Å². The van der Waals surface area contributed by atoms with Gasteiger partial charge in [0.25, 0.3) is 0 Å². The molecule has 0 aliphatic carbocycles. The summed E-state index contributed by atoms with van der Waals surface area (Å²) in [7, 11) is 0.